The van der Waals surface area contributed by atoms with Gasteiger partial charge in [-0.3, -0.25) is 4.79 Å². The molecule has 0 saturated carbocycles. The lowest BCUT2D eigenvalue weighted by molar-refractivity contribution is 0.0943. The van der Waals surface area contributed by atoms with Crippen LogP contribution in [0.4, 0.5) is 5.82 Å². The van der Waals surface area contributed by atoms with Crippen LogP contribution in [0.25, 0.3) is 10.9 Å². The largest absolute Gasteiger partial charge is 0.370 e. The van der Waals surface area contributed by atoms with Gasteiger partial charge in [-0.15, -0.1) is 0 Å². The van der Waals surface area contributed by atoms with Crippen molar-refractivity contribution in [2.75, 3.05) is 18.4 Å². The summed E-state index contributed by atoms with van der Waals surface area (Å²) in [5.41, 5.74) is 2.80. The van der Waals surface area contributed by atoms with Gasteiger partial charge in [-0.25, -0.2) is 9.97 Å². The molecule has 0 radical (unpaired) electrons. The van der Waals surface area contributed by atoms with Gasteiger partial charge in [-0.2, -0.15) is 0 Å². The highest BCUT2D eigenvalue weighted by molar-refractivity contribution is 5.92. The number of para-hydroxylation sites is 1. The number of H-pyrrole nitrogens is 1. The molecule has 0 aliphatic carbocycles. The normalized spacial score (nSPS) is 11.1. The third-order valence-corrected chi connectivity index (χ3v) is 4.12. The molecule has 2 heterocycles. The molecular weight excluding hydrogens is 326 g/mol. The number of benzene rings is 1. The lowest BCUT2D eigenvalue weighted by Crippen LogP contribution is -2.28. The molecule has 0 atom stereocenters. The first kappa shape index (κ1) is 17.9. The number of rotatable bonds is 7. The smallest absolute Gasteiger partial charge is 0.270 e. The fraction of sp³-hybridized carbons (Fsp3) is 0.350. The van der Waals surface area contributed by atoms with Crippen LogP contribution in [-0.4, -0.2) is 33.9 Å². The van der Waals surface area contributed by atoms with E-state index in [4.69, 9.17) is 0 Å². The van der Waals surface area contributed by atoms with Crippen LogP contribution in [0.2, 0.25) is 0 Å². The number of carbonyl (C=O) groups is 1. The molecule has 0 spiro atoms. The number of nitrogens with one attached hydrogen (secondary N) is 3. The van der Waals surface area contributed by atoms with Gasteiger partial charge in [-0.05, 0) is 30.9 Å². The van der Waals surface area contributed by atoms with Crippen LogP contribution in [0, 0.1) is 12.8 Å². The van der Waals surface area contributed by atoms with Gasteiger partial charge in [0.05, 0.1) is 0 Å². The van der Waals surface area contributed by atoms with Gasteiger partial charge in [0.1, 0.15) is 17.3 Å². The zero-order valence-electron chi connectivity index (χ0n) is 15.5. The topological polar surface area (TPSA) is 82.7 Å². The number of hydrogen-bond donors (Lipinski definition) is 3. The maximum atomic E-state index is 12.2. The highest BCUT2D eigenvalue weighted by atomic mass is 16.1. The fourth-order valence-corrected chi connectivity index (χ4v) is 2.83. The van der Waals surface area contributed by atoms with E-state index < -0.39 is 0 Å². The lowest BCUT2D eigenvalue weighted by atomic mass is 10.1. The molecule has 2 aromatic heterocycles. The number of aromatic amines is 1. The molecule has 0 aliphatic rings. The van der Waals surface area contributed by atoms with Crippen LogP contribution in [0.3, 0.4) is 0 Å². The highest BCUT2D eigenvalue weighted by Crippen LogP contribution is 2.18. The van der Waals surface area contributed by atoms with E-state index in [1.54, 1.807) is 13.0 Å². The predicted octanol–water partition coefficient (Wildman–Crippen LogP) is 3.31. The summed E-state index contributed by atoms with van der Waals surface area (Å²) < 4.78 is 0. The van der Waals surface area contributed by atoms with E-state index in [1.807, 2.05) is 18.3 Å². The molecule has 3 N–H and O–H groups in total. The summed E-state index contributed by atoms with van der Waals surface area (Å²) in [4.78, 5) is 24.1. The number of hydrogen-bond acceptors (Lipinski definition) is 4. The Hall–Kier alpha value is -2.89. The Balaban J connectivity index is 1.63. The Kier molecular flexibility index (Phi) is 5.51. The second-order valence-electron chi connectivity index (χ2n) is 6.83. The van der Waals surface area contributed by atoms with Crippen molar-refractivity contribution in [3.63, 3.8) is 0 Å². The molecule has 0 bridgehead atoms. The molecular formula is C20H25N5O. The second kappa shape index (κ2) is 7.99. The molecule has 6 nitrogen and oxygen atoms in total. The van der Waals surface area contributed by atoms with Crippen LogP contribution >= 0.6 is 0 Å². The van der Waals surface area contributed by atoms with Gasteiger partial charge in [0.15, 0.2) is 0 Å². The molecule has 0 fully saturated rings. The van der Waals surface area contributed by atoms with Crippen LogP contribution in [0.1, 0.15) is 35.7 Å². The maximum absolute atomic E-state index is 12.2. The Bertz CT molecular complexity index is 900. The number of amides is 1. The molecule has 3 aromatic rings. The Morgan fingerprint density at radius 3 is 2.85 bits per heavy atom. The van der Waals surface area contributed by atoms with Crippen molar-refractivity contribution in [2.24, 2.45) is 5.92 Å². The highest BCUT2D eigenvalue weighted by Gasteiger charge is 2.11. The van der Waals surface area contributed by atoms with Crippen molar-refractivity contribution in [2.45, 2.75) is 27.2 Å². The van der Waals surface area contributed by atoms with Crippen molar-refractivity contribution in [3.05, 3.63) is 53.6 Å². The number of fused-ring (bicyclic) bond motifs is 1. The van der Waals surface area contributed by atoms with Crippen molar-refractivity contribution in [3.8, 4) is 0 Å². The van der Waals surface area contributed by atoms with Crippen LogP contribution < -0.4 is 10.6 Å². The summed E-state index contributed by atoms with van der Waals surface area (Å²) in [7, 11) is 0. The van der Waals surface area contributed by atoms with E-state index in [9.17, 15) is 4.79 Å². The third-order valence-electron chi connectivity index (χ3n) is 4.12. The van der Waals surface area contributed by atoms with Crippen LogP contribution in [0.5, 0.6) is 0 Å². The summed E-state index contributed by atoms with van der Waals surface area (Å²) in [6, 6.07) is 9.96. The number of carbonyl (C=O) groups excluding carboxylic acids is 1. The first-order chi connectivity index (χ1) is 12.5. The summed E-state index contributed by atoms with van der Waals surface area (Å²) in [6.45, 7) is 7.27. The first-order valence-electron chi connectivity index (χ1n) is 8.95. The molecule has 0 aliphatic heterocycles. The number of nitrogens with zero attached hydrogens (tertiary/aromatic N) is 2. The maximum Gasteiger partial charge on any atom is 0.270 e. The van der Waals surface area contributed by atoms with E-state index in [2.05, 4.69) is 51.6 Å². The first-order valence-corrected chi connectivity index (χ1v) is 8.95. The third kappa shape index (κ3) is 4.39. The minimum Gasteiger partial charge on any atom is -0.370 e. The quantitative estimate of drug-likeness (QED) is 0.610. The molecule has 0 unspecified atom stereocenters. The standard InChI is InChI=1S/C20H25N5O/c1-13(2)11-23-20(26)18-10-19(25-14(3)24-18)21-9-8-15-12-22-17-7-5-4-6-16(15)17/h4-7,10,12-13,22H,8-9,11H2,1-3H3,(H,23,26)(H,21,24,25). The van der Waals surface area contributed by atoms with Crippen LogP contribution in [-0.2, 0) is 6.42 Å². The monoisotopic (exact) mass is 351 g/mol. The fourth-order valence-electron chi connectivity index (χ4n) is 2.83. The Labute approximate surface area is 153 Å². The number of aromatic nitrogens is 3. The Morgan fingerprint density at radius 1 is 1.23 bits per heavy atom. The molecule has 6 heteroatoms. The van der Waals surface area contributed by atoms with E-state index in [0.29, 0.717) is 29.8 Å². The van der Waals surface area contributed by atoms with Gasteiger partial charge in [0.2, 0.25) is 0 Å². The summed E-state index contributed by atoms with van der Waals surface area (Å²) in [5, 5.41) is 7.43. The van der Waals surface area contributed by atoms with E-state index in [0.717, 1.165) is 18.5 Å². The minimum atomic E-state index is -0.163. The molecule has 136 valence electrons. The summed E-state index contributed by atoms with van der Waals surface area (Å²) >= 11 is 0. The SMILES string of the molecule is Cc1nc(NCCc2c[nH]c3ccccc23)cc(C(=O)NCC(C)C)n1. The van der Waals surface area contributed by atoms with Gasteiger partial charge in [-0.1, -0.05) is 32.0 Å². The van der Waals surface area contributed by atoms with E-state index >= 15 is 0 Å². The summed E-state index contributed by atoms with van der Waals surface area (Å²) in [5.74, 6) is 1.49. The molecule has 1 amide bonds. The predicted molar refractivity (Wildman–Crippen MR) is 104 cm³/mol. The van der Waals surface area contributed by atoms with E-state index in [-0.39, 0.29) is 5.91 Å². The zero-order chi connectivity index (χ0) is 18.5. The molecule has 26 heavy (non-hydrogen) atoms. The van der Waals surface area contributed by atoms with Gasteiger partial charge < -0.3 is 15.6 Å². The molecule has 0 saturated heterocycles. The number of anilines is 1. The minimum absolute atomic E-state index is 0.163. The average Bonchev–Trinajstić information content (AvgIpc) is 3.02. The second-order valence-corrected chi connectivity index (χ2v) is 6.83. The van der Waals surface area contributed by atoms with Crippen molar-refractivity contribution < 1.29 is 4.79 Å². The van der Waals surface area contributed by atoms with E-state index in [1.165, 1.54) is 10.9 Å². The average molecular weight is 351 g/mol. The summed E-state index contributed by atoms with van der Waals surface area (Å²) in [6.07, 6.45) is 2.91. The number of aryl methyl sites for hydroxylation is 1. The van der Waals surface area contributed by atoms with Crippen molar-refractivity contribution in [1.29, 1.82) is 0 Å². The molecule has 3 rings (SSSR count). The van der Waals surface area contributed by atoms with Crippen molar-refractivity contribution >= 4 is 22.6 Å². The zero-order valence-corrected chi connectivity index (χ0v) is 15.5. The van der Waals surface area contributed by atoms with Crippen LogP contribution in [0.15, 0.2) is 36.5 Å². The van der Waals surface area contributed by atoms with Gasteiger partial charge in [0, 0.05) is 36.3 Å². The molecule has 1 aromatic carbocycles. The lowest BCUT2D eigenvalue weighted by Gasteiger charge is -2.10. The van der Waals surface area contributed by atoms with Gasteiger partial charge >= 0.3 is 0 Å². The van der Waals surface area contributed by atoms with Gasteiger partial charge in [0.25, 0.3) is 5.91 Å². The van der Waals surface area contributed by atoms with Crippen molar-refractivity contribution in [1.82, 2.24) is 20.3 Å². The Morgan fingerprint density at radius 2 is 2.04 bits per heavy atom.